The van der Waals surface area contributed by atoms with Gasteiger partial charge >= 0.3 is 0 Å². The van der Waals surface area contributed by atoms with Crippen LogP contribution in [0.2, 0.25) is 0 Å². The molecule has 0 aromatic heterocycles. The van der Waals surface area contributed by atoms with E-state index in [1.807, 2.05) is 14.1 Å². The van der Waals surface area contributed by atoms with Gasteiger partial charge in [0.2, 0.25) is 0 Å². The quantitative estimate of drug-likeness (QED) is 0.486. The fraction of sp³-hybridized carbons (Fsp3) is 1.00. The summed E-state index contributed by atoms with van der Waals surface area (Å²) in [4.78, 5) is 0. The fourth-order valence-corrected chi connectivity index (χ4v) is 1.68. The van der Waals surface area contributed by atoms with Gasteiger partial charge in [0, 0.05) is 16.8 Å². The van der Waals surface area contributed by atoms with Gasteiger partial charge in [-0.15, -0.1) is 23.2 Å². The van der Waals surface area contributed by atoms with E-state index in [1.54, 1.807) is 0 Å². The maximum Gasteiger partial charge on any atom is 0 e. The van der Waals surface area contributed by atoms with E-state index in [1.165, 1.54) is 0 Å². The number of hydrogen-bond donors (Lipinski definition) is 0. The SMILES string of the molecule is CC(C)(C)[N-]C[N-]C(C)(C)C.CCC(CC(CC)[N-]C)[N-]C.[Co]. The number of rotatable bonds is 8. The Bertz CT molecular complexity index is 214. The van der Waals surface area contributed by atoms with Crippen molar-refractivity contribution in [1.29, 1.82) is 0 Å². The average molecular weight is 371 g/mol. The van der Waals surface area contributed by atoms with Crippen molar-refractivity contribution in [3.8, 4) is 0 Å². The Labute approximate surface area is 156 Å². The van der Waals surface area contributed by atoms with Crippen LogP contribution in [0.5, 0.6) is 0 Å². The molecule has 145 valence electrons. The molecule has 0 spiro atoms. The van der Waals surface area contributed by atoms with Crippen molar-refractivity contribution in [2.45, 2.75) is 97.8 Å². The minimum Gasteiger partial charge on any atom is -0.676 e. The van der Waals surface area contributed by atoms with Gasteiger partial charge in [0.1, 0.15) is 0 Å². The third-order valence-corrected chi connectivity index (χ3v) is 3.31. The molecule has 0 aliphatic heterocycles. The Morgan fingerprint density at radius 3 is 1.17 bits per heavy atom. The van der Waals surface area contributed by atoms with E-state index in [2.05, 4.69) is 76.7 Å². The summed E-state index contributed by atoms with van der Waals surface area (Å²) in [5, 5.41) is 17.3. The maximum atomic E-state index is 4.38. The summed E-state index contributed by atoms with van der Waals surface area (Å²) in [7, 11) is 3.80. The zero-order valence-corrected chi connectivity index (χ0v) is 18.1. The van der Waals surface area contributed by atoms with Gasteiger partial charge in [-0.3, -0.25) is 6.67 Å². The zero-order chi connectivity index (χ0) is 17.8. The molecule has 0 saturated carbocycles. The topological polar surface area (TPSA) is 56.4 Å². The van der Waals surface area contributed by atoms with E-state index in [0.717, 1.165) is 19.3 Å². The second-order valence-electron chi connectivity index (χ2n) is 7.68. The molecule has 0 rings (SSSR count). The Morgan fingerprint density at radius 2 is 1.00 bits per heavy atom. The molecule has 2 unspecified atom stereocenters. The molecule has 0 heterocycles. The Balaban J connectivity index is -0.000000333. The van der Waals surface area contributed by atoms with Gasteiger partial charge in [-0.2, -0.15) is 14.1 Å². The summed E-state index contributed by atoms with van der Waals surface area (Å²) >= 11 is 0. The van der Waals surface area contributed by atoms with Crippen molar-refractivity contribution in [2.24, 2.45) is 0 Å². The van der Waals surface area contributed by atoms with Crippen LogP contribution in [0, 0.1) is 0 Å². The molecule has 0 N–H and O–H groups in total. The van der Waals surface area contributed by atoms with Crippen LogP contribution in [0.4, 0.5) is 0 Å². The number of hydrogen-bond acceptors (Lipinski definition) is 0. The van der Waals surface area contributed by atoms with Crippen molar-refractivity contribution in [1.82, 2.24) is 0 Å². The van der Waals surface area contributed by atoms with Crippen molar-refractivity contribution < 1.29 is 16.8 Å². The Hall–Kier alpha value is 0.346. The van der Waals surface area contributed by atoms with E-state index < -0.39 is 0 Å². The largest absolute Gasteiger partial charge is 0.676 e. The molecule has 0 fully saturated rings. The molecule has 0 amide bonds. The molecule has 0 aromatic carbocycles. The maximum absolute atomic E-state index is 4.38. The fourth-order valence-electron chi connectivity index (χ4n) is 1.68. The third-order valence-electron chi connectivity index (χ3n) is 3.31. The van der Waals surface area contributed by atoms with E-state index in [0.29, 0.717) is 18.8 Å². The third kappa shape index (κ3) is 22.3. The Kier molecular flexibility index (Phi) is 18.0. The summed E-state index contributed by atoms with van der Waals surface area (Å²) < 4.78 is 0. The minimum absolute atomic E-state index is 0. The molecule has 0 saturated heterocycles. The first-order valence-electron chi connectivity index (χ1n) is 8.54. The summed E-state index contributed by atoms with van der Waals surface area (Å²) in [5.41, 5.74) is 0.101. The van der Waals surface area contributed by atoms with Crippen LogP contribution in [0.15, 0.2) is 0 Å². The van der Waals surface area contributed by atoms with Crippen LogP contribution in [0.25, 0.3) is 21.3 Å². The van der Waals surface area contributed by atoms with Gasteiger partial charge in [0.05, 0.1) is 0 Å². The van der Waals surface area contributed by atoms with E-state index in [4.69, 9.17) is 0 Å². The molecule has 5 heteroatoms. The van der Waals surface area contributed by atoms with E-state index >= 15 is 0 Å². The molecule has 2 atom stereocenters. The van der Waals surface area contributed by atoms with Crippen molar-refractivity contribution in [2.75, 3.05) is 20.8 Å². The van der Waals surface area contributed by atoms with Crippen molar-refractivity contribution >= 4 is 0 Å². The molecule has 0 aliphatic carbocycles. The normalized spacial score (nSPS) is 14.3. The Morgan fingerprint density at radius 1 is 0.696 bits per heavy atom. The summed E-state index contributed by atoms with van der Waals surface area (Å²) in [5.74, 6) is 0. The van der Waals surface area contributed by atoms with Gasteiger partial charge in [-0.1, -0.05) is 74.7 Å². The van der Waals surface area contributed by atoms with Gasteiger partial charge in [0.15, 0.2) is 0 Å². The number of nitrogens with zero attached hydrogens (tertiary/aromatic N) is 4. The van der Waals surface area contributed by atoms with Crippen molar-refractivity contribution in [3.63, 3.8) is 0 Å². The molecular weight excluding hydrogens is 331 g/mol. The molecule has 0 aromatic rings. The summed E-state index contributed by atoms with van der Waals surface area (Å²) in [6, 6.07) is 1.03. The minimum atomic E-state index is 0. The van der Waals surface area contributed by atoms with E-state index in [-0.39, 0.29) is 27.9 Å². The van der Waals surface area contributed by atoms with Crippen LogP contribution in [0.3, 0.4) is 0 Å². The van der Waals surface area contributed by atoms with E-state index in [9.17, 15) is 0 Å². The van der Waals surface area contributed by atoms with Crippen LogP contribution in [-0.2, 0) is 16.8 Å². The van der Waals surface area contributed by atoms with Gasteiger partial charge in [0.25, 0.3) is 0 Å². The first-order valence-corrected chi connectivity index (χ1v) is 8.54. The first kappa shape index (κ1) is 28.2. The average Bonchev–Trinajstić information content (AvgIpc) is 2.38. The van der Waals surface area contributed by atoms with Crippen LogP contribution in [-0.4, -0.2) is 43.9 Å². The van der Waals surface area contributed by atoms with Gasteiger partial charge in [-0.05, 0) is 0 Å². The monoisotopic (exact) mass is 371 g/mol. The predicted molar refractivity (Wildman–Crippen MR) is 102 cm³/mol. The molecule has 0 bridgehead atoms. The molecular formula is C18H40CoN4-4. The summed E-state index contributed by atoms with van der Waals surface area (Å²) in [6.07, 6.45) is 3.41. The molecule has 1 radical (unpaired) electrons. The second-order valence-corrected chi connectivity index (χ2v) is 7.68. The van der Waals surface area contributed by atoms with Crippen LogP contribution < -0.4 is 0 Å². The molecule has 0 aliphatic rings. The smallest absolute Gasteiger partial charge is 0 e. The van der Waals surface area contributed by atoms with Gasteiger partial charge in [-0.25, -0.2) is 0 Å². The van der Waals surface area contributed by atoms with Crippen LogP contribution in [0.1, 0.15) is 74.7 Å². The zero-order valence-electron chi connectivity index (χ0n) is 17.1. The summed E-state index contributed by atoms with van der Waals surface area (Å²) in [6.45, 7) is 17.5. The predicted octanol–water partition coefficient (Wildman–Crippen LogP) is 6.23. The second kappa shape index (κ2) is 14.7. The standard InChI is InChI=1S/2C9H20N2.Co/c1-8(2,3)10-7-11-9(4,5)6;1-5-8(10-3)7-9(6-2)11-4;/h7H2,1-6H3;8-9H,5-7H2,1-4H3;/q2*-2;. The van der Waals surface area contributed by atoms with Crippen LogP contribution >= 0.6 is 0 Å². The first-order chi connectivity index (χ1) is 9.99. The van der Waals surface area contributed by atoms with Crippen molar-refractivity contribution in [3.05, 3.63) is 21.3 Å². The molecule has 4 nitrogen and oxygen atoms in total. The molecule has 23 heavy (non-hydrogen) atoms. The van der Waals surface area contributed by atoms with Gasteiger partial charge < -0.3 is 21.3 Å².